The minimum atomic E-state index is -0.940. The topological polar surface area (TPSA) is 78.9 Å². The van der Waals surface area contributed by atoms with Crippen LogP contribution in [0.4, 0.5) is 0 Å². The van der Waals surface area contributed by atoms with Crippen molar-refractivity contribution in [3.8, 4) is 5.75 Å². The Balaban J connectivity index is 2.48. The van der Waals surface area contributed by atoms with E-state index in [1.54, 1.807) is 12.0 Å². The Labute approximate surface area is 118 Å². The summed E-state index contributed by atoms with van der Waals surface area (Å²) in [5, 5.41) is 11.5. The summed E-state index contributed by atoms with van der Waals surface area (Å²) in [6.45, 7) is 2.61. The van der Waals surface area contributed by atoms with Crippen molar-refractivity contribution < 1.29 is 19.4 Å². The number of nitrogens with one attached hydrogen (secondary N) is 1. The molecule has 0 heterocycles. The van der Waals surface area contributed by atoms with Gasteiger partial charge in [-0.3, -0.25) is 14.5 Å². The minimum Gasteiger partial charge on any atom is -0.496 e. The third-order valence-electron chi connectivity index (χ3n) is 2.84. The van der Waals surface area contributed by atoms with Crippen molar-refractivity contribution in [3.05, 3.63) is 29.8 Å². The maximum absolute atomic E-state index is 11.8. The lowest BCUT2D eigenvalue weighted by Crippen LogP contribution is -2.39. The molecule has 1 aromatic carbocycles. The van der Waals surface area contributed by atoms with Crippen LogP contribution in [0.25, 0.3) is 0 Å². The molecule has 20 heavy (non-hydrogen) atoms. The van der Waals surface area contributed by atoms with Gasteiger partial charge in [0.1, 0.15) is 5.75 Å². The third-order valence-corrected chi connectivity index (χ3v) is 2.84. The van der Waals surface area contributed by atoms with Gasteiger partial charge in [-0.05, 0) is 12.6 Å². The highest BCUT2D eigenvalue weighted by Gasteiger charge is 2.12. The van der Waals surface area contributed by atoms with E-state index in [4.69, 9.17) is 9.84 Å². The van der Waals surface area contributed by atoms with Crippen LogP contribution >= 0.6 is 0 Å². The van der Waals surface area contributed by atoms with Gasteiger partial charge in [-0.15, -0.1) is 0 Å². The van der Waals surface area contributed by atoms with Crippen molar-refractivity contribution in [1.29, 1.82) is 0 Å². The molecule has 0 spiro atoms. The van der Waals surface area contributed by atoms with Gasteiger partial charge in [-0.25, -0.2) is 0 Å². The second-order valence-corrected chi connectivity index (χ2v) is 4.29. The predicted molar refractivity (Wildman–Crippen MR) is 74.6 cm³/mol. The second kappa shape index (κ2) is 8.16. The number of hydrogen-bond donors (Lipinski definition) is 2. The van der Waals surface area contributed by atoms with Gasteiger partial charge in [-0.1, -0.05) is 25.1 Å². The Hall–Kier alpha value is -2.08. The zero-order valence-electron chi connectivity index (χ0n) is 11.8. The number of amides is 1. The summed E-state index contributed by atoms with van der Waals surface area (Å²) in [7, 11) is 1.58. The number of methoxy groups -OCH3 is 1. The lowest BCUT2D eigenvalue weighted by molar-refractivity contribution is -0.138. The fourth-order valence-electron chi connectivity index (χ4n) is 1.77. The highest BCUT2D eigenvalue weighted by Crippen LogP contribution is 2.16. The van der Waals surface area contributed by atoms with Gasteiger partial charge >= 0.3 is 5.97 Å². The number of nitrogens with zero attached hydrogens (tertiary/aromatic N) is 1. The number of ether oxygens (including phenoxy) is 1. The zero-order chi connectivity index (χ0) is 15.0. The number of para-hydroxylation sites is 1. The van der Waals surface area contributed by atoms with E-state index in [2.05, 4.69) is 5.32 Å². The predicted octanol–water partition coefficient (Wildman–Crippen LogP) is 0.718. The summed E-state index contributed by atoms with van der Waals surface area (Å²) in [5.74, 6) is -0.436. The highest BCUT2D eigenvalue weighted by atomic mass is 16.5. The van der Waals surface area contributed by atoms with Gasteiger partial charge in [-0.2, -0.15) is 0 Å². The van der Waals surface area contributed by atoms with Gasteiger partial charge in [0, 0.05) is 12.1 Å². The largest absolute Gasteiger partial charge is 0.496 e. The smallest absolute Gasteiger partial charge is 0.317 e. The number of likely N-dealkylation sites (N-methyl/N-ethyl adjacent to an activating group) is 1. The van der Waals surface area contributed by atoms with Crippen LogP contribution in [0, 0.1) is 0 Å². The van der Waals surface area contributed by atoms with Crippen molar-refractivity contribution in [2.24, 2.45) is 0 Å². The van der Waals surface area contributed by atoms with E-state index >= 15 is 0 Å². The first-order valence-corrected chi connectivity index (χ1v) is 6.39. The summed E-state index contributed by atoms with van der Waals surface area (Å²) in [6, 6.07) is 7.42. The maximum Gasteiger partial charge on any atom is 0.317 e. The second-order valence-electron chi connectivity index (χ2n) is 4.29. The van der Waals surface area contributed by atoms with Crippen LogP contribution < -0.4 is 10.1 Å². The van der Waals surface area contributed by atoms with Crippen LogP contribution in [0.3, 0.4) is 0 Å². The first kappa shape index (κ1) is 16.0. The molecule has 0 aliphatic rings. The highest BCUT2D eigenvalue weighted by molar-refractivity contribution is 5.79. The summed E-state index contributed by atoms with van der Waals surface area (Å²) >= 11 is 0. The fourth-order valence-corrected chi connectivity index (χ4v) is 1.77. The number of carbonyl (C=O) groups is 2. The number of carbonyl (C=O) groups excluding carboxylic acids is 1. The Morgan fingerprint density at radius 3 is 2.60 bits per heavy atom. The molecule has 1 amide bonds. The Morgan fingerprint density at radius 2 is 2.00 bits per heavy atom. The average Bonchev–Trinajstić information content (AvgIpc) is 2.44. The normalized spacial score (nSPS) is 10.3. The molecule has 0 fully saturated rings. The Bertz CT molecular complexity index is 462. The number of benzene rings is 1. The van der Waals surface area contributed by atoms with Crippen LogP contribution in [0.15, 0.2) is 24.3 Å². The number of hydrogen-bond acceptors (Lipinski definition) is 4. The lowest BCUT2D eigenvalue weighted by atomic mass is 10.2. The zero-order valence-corrected chi connectivity index (χ0v) is 11.8. The molecule has 0 saturated heterocycles. The van der Waals surface area contributed by atoms with Crippen LogP contribution in [0.1, 0.15) is 12.5 Å². The van der Waals surface area contributed by atoms with E-state index in [-0.39, 0.29) is 19.0 Å². The molecule has 1 aromatic rings. The van der Waals surface area contributed by atoms with Crippen LogP contribution in [0.2, 0.25) is 0 Å². The molecule has 110 valence electrons. The summed E-state index contributed by atoms with van der Waals surface area (Å²) in [6.07, 6.45) is 0. The lowest BCUT2D eigenvalue weighted by Gasteiger charge is -2.17. The molecule has 6 nitrogen and oxygen atoms in total. The molecule has 0 aliphatic carbocycles. The van der Waals surface area contributed by atoms with Gasteiger partial charge in [0.2, 0.25) is 5.91 Å². The maximum atomic E-state index is 11.8. The fraction of sp³-hybridized carbons (Fsp3) is 0.429. The van der Waals surface area contributed by atoms with Crippen LogP contribution in [-0.4, -0.2) is 48.6 Å². The van der Waals surface area contributed by atoms with E-state index in [1.165, 1.54) is 0 Å². The number of carboxylic acids is 1. The molecule has 0 atom stereocenters. The average molecular weight is 280 g/mol. The molecule has 6 heteroatoms. The molecular formula is C14H20N2O4. The summed E-state index contributed by atoms with van der Waals surface area (Å²) in [4.78, 5) is 24.0. The van der Waals surface area contributed by atoms with Crippen molar-refractivity contribution in [3.63, 3.8) is 0 Å². The molecule has 0 unspecified atom stereocenters. The first-order valence-electron chi connectivity index (χ1n) is 6.39. The number of rotatable bonds is 8. The summed E-state index contributed by atoms with van der Waals surface area (Å²) in [5.41, 5.74) is 0.879. The third kappa shape index (κ3) is 5.27. The first-order chi connectivity index (χ1) is 9.56. The number of carboxylic acid groups (broad SMARTS) is 1. The van der Waals surface area contributed by atoms with E-state index < -0.39 is 5.97 Å². The molecule has 1 rings (SSSR count). The quantitative estimate of drug-likeness (QED) is 0.733. The van der Waals surface area contributed by atoms with Crippen molar-refractivity contribution in [2.45, 2.75) is 13.5 Å². The van der Waals surface area contributed by atoms with Gasteiger partial charge < -0.3 is 15.2 Å². The van der Waals surface area contributed by atoms with E-state index in [9.17, 15) is 9.59 Å². The SMILES string of the molecule is CCN(CC(=O)O)CC(=O)NCc1ccccc1OC. The number of aliphatic carboxylic acids is 1. The monoisotopic (exact) mass is 280 g/mol. The minimum absolute atomic E-state index is 0.0674. The summed E-state index contributed by atoms with van der Waals surface area (Å²) < 4.78 is 5.19. The van der Waals surface area contributed by atoms with E-state index in [1.807, 2.05) is 31.2 Å². The van der Waals surface area contributed by atoms with E-state index in [0.717, 1.165) is 5.56 Å². The van der Waals surface area contributed by atoms with Crippen LogP contribution in [0.5, 0.6) is 5.75 Å². The van der Waals surface area contributed by atoms with Crippen molar-refractivity contribution >= 4 is 11.9 Å². The standard InChI is InChI=1S/C14H20N2O4/c1-3-16(10-14(18)19)9-13(17)15-8-11-6-4-5-7-12(11)20-2/h4-7H,3,8-10H2,1-2H3,(H,15,17)(H,18,19). The molecule has 0 radical (unpaired) electrons. The molecule has 0 aromatic heterocycles. The van der Waals surface area contributed by atoms with Crippen molar-refractivity contribution in [1.82, 2.24) is 10.2 Å². The molecule has 0 saturated carbocycles. The molecule has 0 bridgehead atoms. The molecule has 2 N–H and O–H groups in total. The molecule has 0 aliphatic heterocycles. The Kier molecular flexibility index (Phi) is 6.52. The Morgan fingerprint density at radius 1 is 1.30 bits per heavy atom. The van der Waals surface area contributed by atoms with Crippen molar-refractivity contribution in [2.75, 3.05) is 26.7 Å². The van der Waals surface area contributed by atoms with Crippen LogP contribution in [-0.2, 0) is 16.1 Å². The van der Waals surface area contributed by atoms with Gasteiger partial charge in [0.05, 0.1) is 20.2 Å². The van der Waals surface area contributed by atoms with E-state index in [0.29, 0.717) is 18.8 Å². The molecular weight excluding hydrogens is 260 g/mol. The van der Waals surface area contributed by atoms with Gasteiger partial charge in [0.25, 0.3) is 0 Å². The van der Waals surface area contributed by atoms with Gasteiger partial charge in [0.15, 0.2) is 0 Å².